The fourth-order valence-corrected chi connectivity index (χ4v) is 4.06. The third-order valence-electron chi connectivity index (χ3n) is 3.98. The van der Waals surface area contributed by atoms with E-state index in [0.29, 0.717) is 4.91 Å². The van der Waals surface area contributed by atoms with E-state index >= 15 is 0 Å². The normalized spacial score (nSPS) is 16.9. The van der Waals surface area contributed by atoms with Crippen LogP contribution in [-0.4, -0.2) is 48.3 Å². The zero-order valence-electron chi connectivity index (χ0n) is 13.9. The summed E-state index contributed by atoms with van der Waals surface area (Å²) in [6, 6.07) is 7.91. The molecule has 1 fully saturated rings. The number of amides is 1. The number of aliphatic carboxylic acids is 2. The number of carboxylic acid groups (broad SMARTS) is 2. The van der Waals surface area contributed by atoms with E-state index in [1.54, 1.807) is 18.3 Å². The Morgan fingerprint density at radius 2 is 2.07 bits per heavy atom. The molecule has 1 atom stereocenters. The first-order chi connectivity index (χ1) is 12.9. The maximum atomic E-state index is 12.7. The predicted octanol–water partition coefficient (Wildman–Crippen LogP) is 2.75. The summed E-state index contributed by atoms with van der Waals surface area (Å²) in [6.45, 7) is 0. The van der Waals surface area contributed by atoms with Crippen molar-refractivity contribution in [1.82, 2.24) is 9.88 Å². The summed E-state index contributed by atoms with van der Waals surface area (Å²) in [7, 11) is 0. The van der Waals surface area contributed by atoms with Crippen LogP contribution in [0.25, 0.3) is 17.0 Å². The van der Waals surface area contributed by atoms with Crippen LogP contribution in [0, 0.1) is 0 Å². The largest absolute Gasteiger partial charge is 0.481 e. The van der Waals surface area contributed by atoms with Gasteiger partial charge in [0.25, 0.3) is 5.91 Å². The van der Waals surface area contributed by atoms with Gasteiger partial charge in [0, 0.05) is 18.0 Å². The van der Waals surface area contributed by atoms with Crippen molar-refractivity contribution in [3.63, 3.8) is 0 Å². The number of carboxylic acids is 2. The number of carbonyl (C=O) groups is 3. The minimum atomic E-state index is -1.31. The van der Waals surface area contributed by atoms with Gasteiger partial charge in [0.2, 0.25) is 0 Å². The first-order valence-corrected chi connectivity index (χ1v) is 9.16. The number of aromatic nitrogens is 1. The number of fused-ring (bicyclic) bond motifs is 1. The predicted molar refractivity (Wildman–Crippen MR) is 105 cm³/mol. The van der Waals surface area contributed by atoms with Crippen molar-refractivity contribution in [2.24, 2.45) is 0 Å². The topological polar surface area (TPSA) is 108 Å². The Kier molecular flexibility index (Phi) is 5.52. The molecule has 1 aromatic heterocycles. The summed E-state index contributed by atoms with van der Waals surface area (Å²) in [6.07, 6.45) is 2.74. The molecule has 1 amide bonds. The zero-order valence-corrected chi connectivity index (χ0v) is 15.5. The van der Waals surface area contributed by atoms with Gasteiger partial charge >= 0.3 is 11.9 Å². The van der Waals surface area contributed by atoms with Crippen molar-refractivity contribution in [3.05, 3.63) is 47.0 Å². The van der Waals surface area contributed by atoms with E-state index < -0.39 is 23.9 Å². The number of thioether (sulfide) groups is 1. The van der Waals surface area contributed by atoms with Gasteiger partial charge in [0.1, 0.15) is 10.4 Å². The van der Waals surface area contributed by atoms with Crippen molar-refractivity contribution < 1.29 is 24.6 Å². The molecule has 0 radical (unpaired) electrons. The highest BCUT2D eigenvalue weighted by atomic mass is 32.2. The van der Waals surface area contributed by atoms with E-state index in [1.807, 2.05) is 24.3 Å². The second-order valence-electron chi connectivity index (χ2n) is 5.79. The van der Waals surface area contributed by atoms with Crippen LogP contribution < -0.4 is 0 Å². The first-order valence-electron chi connectivity index (χ1n) is 7.93. The Balaban J connectivity index is 1.88. The Labute approximate surface area is 163 Å². The molecular weight excluding hydrogens is 388 g/mol. The highest BCUT2D eigenvalue weighted by Crippen LogP contribution is 2.35. The second-order valence-corrected chi connectivity index (χ2v) is 7.47. The van der Waals surface area contributed by atoms with Gasteiger partial charge in [0.05, 0.1) is 10.4 Å². The highest BCUT2D eigenvalue weighted by Gasteiger charge is 2.40. The minimum Gasteiger partial charge on any atom is -0.481 e. The lowest BCUT2D eigenvalue weighted by Gasteiger charge is -2.22. The fourth-order valence-electron chi connectivity index (χ4n) is 2.71. The Morgan fingerprint density at radius 1 is 1.30 bits per heavy atom. The lowest BCUT2D eigenvalue weighted by molar-refractivity contribution is -0.146. The molecule has 1 saturated heterocycles. The van der Waals surface area contributed by atoms with Gasteiger partial charge in [-0.1, -0.05) is 36.1 Å². The van der Waals surface area contributed by atoms with Crippen molar-refractivity contribution in [3.8, 4) is 0 Å². The van der Waals surface area contributed by atoms with Crippen LogP contribution in [0.2, 0.25) is 0 Å². The summed E-state index contributed by atoms with van der Waals surface area (Å²) in [4.78, 5) is 40.5. The van der Waals surface area contributed by atoms with Gasteiger partial charge in [-0.25, -0.2) is 4.79 Å². The summed E-state index contributed by atoms with van der Waals surface area (Å²) in [5.41, 5.74) is 1.58. The smallest absolute Gasteiger partial charge is 0.326 e. The van der Waals surface area contributed by atoms with Gasteiger partial charge in [-0.05, 0) is 36.3 Å². The number of nitrogens with zero attached hydrogens (tertiary/aromatic N) is 2. The molecule has 2 aromatic rings. The third-order valence-corrected chi connectivity index (χ3v) is 5.31. The molecule has 2 N–H and O–H groups in total. The van der Waals surface area contributed by atoms with Gasteiger partial charge in [-0.15, -0.1) is 0 Å². The quantitative estimate of drug-likeness (QED) is 0.561. The lowest BCUT2D eigenvalue weighted by Crippen LogP contribution is -2.44. The Bertz CT molecular complexity index is 989. The summed E-state index contributed by atoms with van der Waals surface area (Å²) in [5, 5.41) is 19.1. The monoisotopic (exact) mass is 402 g/mol. The molecule has 7 nitrogen and oxygen atoms in total. The maximum Gasteiger partial charge on any atom is 0.326 e. The molecule has 138 valence electrons. The maximum absolute atomic E-state index is 12.7. The molecule has 0 spiro atoms. The number of carbonyl (C=O) groups excluding carboxylic acids is 1. The van der Waals surface area contributed by atoms with E-state index in [-0.39, 0.29) is 17.2 Å². The van der Waals surface area contributed by atoms with Crippen molar-refractivity contribution in [2.75, 3.05) is 0 Å². The van der Waals surface area contributed by atoms with Gasteiger partial charge < -0.3 is 10.2 Å². The molecule has 1 unspecified atom stereocenters. The molecule has 0 bridgehead atoms. The molecule has 1 aromatic carbocycles. The van der Waals surface area contributed by atoms with Crippen molar-refractivity contribution >= 4 is 63.1 Å². The number of pyridine rings is 1. The second kappa shape index (κ2) is 7.85. The molecule has 3 rings (SSSR count). The number of thiocarbonyl (C=S) groups is 1. The number of rotatable bonds is 6. The Morgan fingerprint density at radius 3 is 2.78 bits per heavy atom. The van der Waals surface area contributed by atoms with Gasteiger partial charge in [-0.3, -0.25) is 19.5 Å². The minimum absolute atomic E-state index is 0.103. The molecule has 1 aliphatic heterocycles. The van der Waals surface area contributed by atoms with E-state index in [1.165, 1.54) is 0 Å². The van der Waals surface area contributed by atoms with Crippen LogP contribution in [0.1, 0.15) is 18.4 Å². The molecule has 2 heterocycles. The van der Waals surface area contributed by atoms with Crippen LogP contribution >= 0.6 is 24.0 Å². The SMILES string of the molecule is O=C(O)CCC(C(=O)O)N1C(=O)/C(=C/c2ccc3ncccc3c2)SC1=S. The molecule has 9 heteroatoms. The average Bonchev–Trinajstić information content (AvgIpc) is 2.89. The van der Waals surface area contributed by atoms with E-state index in [0.717, 1.165) is 33.1 Å². The highest BCUT2D eigenvalue weighted by molar-refractivity contribution is 8.26. The van der Waals surface area contributed by atoms with Crippen LogP contribution in [0.5, 0.6) is 0 Å². The number of hydrogen-bond acceptors (Lipinski definition) is 6. The standard InChI is InChI=1S/C18H14N2O5S2/c21-15(22)6-5-13(17(24)25)20-16(23)14(27-18(20)26)9-10-3-4-12-11(8-10)2-1-7-19-12/h1-4,7-9,13H,5-6H2,(H,21,22)(H,24,25)/b14-9-. The van der Waals surface area contributed by atoms with Crippen LogP contribution in [0.3, 0.4) is 0 Å². The summed E-state index contributed by atoms with van der Waals surface area (Å²) < 4.78 is 0.103. The Hall–Kier alpha value is -2.78. The van der Waals surface area contributed by atoms with Gasteiger partial charge in [-0.2, -0.15) is 0 Å². The third kappa shape index (κ3) is 4.15. The molecule has 0 saturated carbocycles. The van der Waals surface area contributed by atoms with Crippen molar-refractivity contribution in [2.45, 2.75) is 18.9 Å². The van der Waals surface area contributed by atoms with Crippen LogP contribution in [0.15, 0.2) is 41.4 Å². The van der Waals surface area contributed by atoms with Crippen molar-refractivity contribution in [1.29, 1.82) is 0 Å². The first kappa shape index (κ1) is 19.0. The molecule has 0 aliphatic carbocycles. The average molecular weight is 402 g/mol. The summed E-state index contributed by atoms with van der Waals surface area (Å²) >= 11 is 6.17. The van der Waals surface area contributed by atoms with E-state index in [2.05, 4.69) is 4.98 Å². The zero-order chi connectivity index (χ0) is 19.6. The lowest BCUT2D eigenvalue weighted by atomic mass is 10.1. The number of hydrogen-bond donors (Lipinski definition) is 2. The van der Waals surface area contributed by atoms with E-state index in [9.17, 15) is 19.5 Å². The van der Waals surface area contributed by atoms with Gasteiger partial charge in [0.15, 0.2) is 0 Å². The van der Waals surface area contributed by atoms with Crippen LogP contribution in [-0.2, 0) is 14.4 Å². The molecule has 27 heavy (non-hydrogen) atoms. The van der Waals surface area contributed by atoms with E-state index in [4.69, 9.17) is 17.3 Å². The molecular formula is C18H14N2O5S2. The van der Waals surface area contributed by atoms with Crippen LogP contribution in [0.4, 0.5) is 0 Å². The summed E-state index contributed by atoms with van der Waals surface area (Å²) in [5.74, 6) is -2.95. The number of benzene rings is 1. The molecule has 1 aliphatic rings. The fraction of sp³-hybridized carbons (Fsp3) is 0.167.